The molecule has 0 fully saturated rings. The zero-order valence-corrected chi connectivity index (χ0v) is 10.7. The normalized spacial score (nSPS) is 12.2. The average molecular weight is 218 g/mol. The molecule has 88 valence electrons. The molecule has 0 amide bonds. The van der Waals surface area contributed by atoms with Gasteiger partial charge in [-0.05, 0) is 31.2 Å². The number of anilines is 1. The Kier molecular flexibility index (Phi) is 4.56. The second-order valence-corrected chi connectivity index (χ2v) is 4.33. The van der Waals surface area contributed by atoms with Crippen molar-refractivity contribution in [3.05, 3.63) is 42.0 Å². The van der Waals surface area contributed by atoms with Crippen LogP contribution in [-0.4, -0.2) is 20.6 Å². The molecule has 1 atom stereocenters. The van der Waals surface area contributed by atoms with E-state index in [0.717, 1.165) is 12.1 Å². The van der Waals surface area contributed by atoms with Gasteiger partial charge in [0.15, 0.2) is 0 Å². The van der Waals surface area contributed by atoms with E-state index < -0.39 is 0 Å². The van der Waals surface area contributed by atoms with Crippen molar-refractivity contribution in [1.82, 2.24) is 5.32 Å². The second kappa shape index (κ2) is 5.71. The van der Waals surface area contributed by atoms with E-state index >= 15 is 0 Å². The fourth-order valence-electron chi connectivity index (χ4n) is 1.76. The Bertz CT molecular complexity index is 356. The molecule has 1 aromatic carbocycles. The number of likely N-dealkylation sites (N-methyl/N-ethyl adjacent to an activating group) is 1. The summed E-state index contributed by atoms with van der Waals surface area (Å²) in [5, 5.41) is 3.45. The van der Waals surface area contributed by atoms with Crippen LogP contribution in [-0.2, 0) is 0 Å². The standard InChI is InChI=1S/C14H22N2/c1-6-15-14(11(2)3)12-8-7-9-13(10-12)16(4)5/h7-10,14-15H,2,6H2,1,3-5H3. The Balaban J connectivity index is 3.00. The van der Waals surface area contributed by atoms with Crippen molar-refractivity contribution in [3.8, 4) is 0 Å². The number of nitrogens with one attached hydrogen (secondary N) is 1. The lowest BCUT2D eigenvalue weighted by molar-refractivity contribution is 0.621. The predicted molar refractivity (Wildman–Crippen MR) is 72.0 cm³/mol. The van der Waals surface area contributed by atoms with Gasteiger partial charge in [-0.25, -0.2) is 0 Å². The molecule has 0 aromatic heterocycles. The Hall–Kier alpha value is -1.28. The molecular weight excluding hydrogens is 196 g/mol. The summed E-state index contributed by atoms with van der Waals surface area (Å²) >= 11 is 0. The summed E-state index contributed by atoms with van der Waals surface area (Å²) in [6, 6.07) is 8.82. The van der Waals surface area contributed by atoms with Crippen molar-refractivity contribution < 1.29 is 0 Å². The summed E-state index contributed by atoms with van der Waals surface area (Å²) in [6.45, 7) is 9.18. The minimum Gasteiger partial charge on any atom is -0.378 e. The number of hydrogen-bond donors (Lipinski definition) is 1. The molecule has 0 saturated carbocycles. The van der Waals surface area contributed by atoms with Crippen LogP contribution in [0.25, 0.3) is 0 Å². The van der Waals surface area contributed by atoms with Gasteiger partial charge >= 0.3 is 0 Å². The molecule has 1 N–H and O–H groups in total. The monoisotopic (exact) mass is 218 g/mol. The summed E-state index contributed by atoms with van der Waals surface area (Å²) in [5.41, 5.74) is 3.65. The number of nitrogens with zero attached hydrogens (tertiary/aromatic N) is 1. The van der Waals surface area contributed by atoms with E-state index in [4.69, 9.17) is 0 Å². The van der Waals surface area contributed by atoms with Crippen LogP contribution in [0.15, 0.2) is 36.4 Å². The van der Waals surface area contributed by atoms with Crippen LogP contribution in [0.4, 0.5) is 5.69 Å². The number of rotatable bonds is 5. The lowest BCUT2D eigenvalue weighted by Gasteiger charge is -2.21. The Morgan fingerprint density at radius 1 is 1.44 bits per heavy atom. The van der Waals surface area contributed by atoms with Crippen molar-refractivity contribution in [2.24, 2.45) is 0 Å². The van der Waals surface area contributed by atoms with Crippen LogP contribution in [0.3, 0.4) is 0 Å². The van der Waals surface area contributed by atoms with Gasteiger partial charge in [0.1, 0.15) is 0 Å². The first kappa shape index (κ1) is 12.8. The smallest absolute Gasteiger partial charge is 0.0531 e. The molecule has 0 aliphatic heterocycles. The van der Waals surface area contributed by atoms with Crippen LogP contribution < -0.4 is 10.2 Å². The molecule has 1 aromatic rings. The van der Waals surface area contributed by atoms with Gasteiger partial charge in [-0.1, -0.05) is 31.2 Å². The summed E-state index contributed by atoms with van der Waals surface area (Å²) in [4.78, 5) is 2.12. The van der Waals surface area contributed by atoms with Gasteiger partial charge in [-0.2, -0.15) is 0 Å². The molecule has 0 aliphatic carbocycles. The van der Waals surface area contributed by atoms with Crippen molar-refractivity contribution >= 4 is 5.69 Å². The molecule has 1 unspecified atom stereocenters. The maximum atomic E-state index is 4.05. The van der Waals surface area contributed by atoms with Crippen LogP contribution in [0.2, 0.25) is 0 Å². The fraction of sp³-hybridized carbons (Fsp3) is 0.429. The largest absolute Gasteiger partial charge is 0.378 e. The zero-order valence-electron chi connectivity index (χ0n) is 10.7. The van der Waals surface area contributed by atoms with E-state index in [1.807, 2.05) is 0 Å². The molecule has 0 aliphatic rings. The molecule has 0 heterocycles. The lowest BCUT2D eigenvalue weighted by atomic mass is 10.0. The SMILES string of the molecule is C=C(C)C(NCC)c1cccc(N(C)C)c1. The van der Waals surface area contributed by atoms with E-state index in [1.165, 1.54) is 11.3 Å². The van der Waals surface area contributed by atoms with Crippen molar-refractivity contribution in [3.63, 3.8) is 0 Å². The van der Waals surface area contributed by atoms with Crippen LogP contribution in [0.5, 0.6) is 0 Å². The molecule has 0 bridgehead atoms. The van der Waals surface area contributed by atoms with Crippen molar-refractivity contribution in [1.29, 1.82) is 0 Å². The van der Waals surface area contributed by atoms with Gasteiger partial charge in [0.25, 0.3) is 0 Å². The van der Waals surface area contributed by atoms with Gasteiger partial charge < -0.3 is 10.2 Å². The molecular formula is C14H22N2. The summed E-state index contributed by atoms with van der Waals surface area (Å²) in [7, 11) is 4.12. The van der Waals surface area contributed by atoms with E-state index in [0.29, 0.717) is 0 Å². The molecule has 0 saturated heterocycles. The quantitative estimate of drug-likeness (QED) is 0.764. The third-order valence-electron chi connectivity index (χ3n) is 2.62. The van der Waals surface area contributed by atoms with E-state index in [1.54, 1.807) is 0 Å². The first-order chi connectivity index (χ1) is 7.56. The third kappa shape index (κ3) is 3.11. The van der Waals surface area contributed by atoms with Gasteiger partial charge in [0.2, 0.25) is 0 Å². The zero-order chi connectivity index (χ0) is 12.1. The van der Waals surface area contributed by atoms with Gasteiger partial charge in [0, 0.05) is 19.8 Å². The lowest BCUT2D eigenvalue weighted by Crippen LogP contribution is -2.22. The van der Waals surface area contributed by atoms with E-state index in [-0.39, 0.29) is 6.04 Å². The topological polar surface area (TPSA) is 15.3 Å². The number of hydrogen-bond acceptors (Lipinski definition) is 2. The average Bonchev–Trinajstić information content (AvgIpc) is 2.25. The predicted octanol–water partition coefficient (Wildman–Crippen LogP) is 2.98. The van der Waals surface area contributed by atoms with Crippen LogP contribution >= 0.6 is 0 Å². The van der Waals surface area contributed by atoms with Crippen LogP contribution in [0.1, 0.15) is 25.5 Å². The maximum Gasteiger partial charge on any atom is 0.0531 e. The van der Waals surface area contributed by atoms with E-state index in [2.05, 4.69) is 69.0 Å². The third-order valence-corrected chi connectivity index (χ3v) is 2.62. The molecule has 0 radical (unpaired) electrons. The van der Waals surface area contributed by atoms with Gasteiger partial charge in [-0.3, -0.25) is 0 Å². The minimum absolute atomic E-state index is 0.255. The summed E-state index contributed by atoms with van der Waals surface area (Å²) in [6.07, 6.45) is 0. The van der Waals surface area contributed by atoms with Crippen LogP contribution in [0, 0.1) is 0 Å². The highest BCUT2D eigenvalue weighted by atomic mass is 15.1. The van der Waals surface area contributed by atoms with Gasteiger partial charge in [-0.15, -0.1) is 0 Å². The molecule has 2 nitrogen and oxygen atoms in total. The van der Waals surface area contributed by atoms with Crippen molar-refractivity contribution in [2.45, 2.75) is 19.9 Å². The second-order valence-electron chi connectivity index (χ2n) is 4.33. The highest BCUT2D eigenvalue weighted by Gasteiger charge is 2.11. The summed E-state index contributed by atoms with van der Waals surface area (Å²) < 4.78 is 0. The molecule has 1 rings (SSSR count). The Morgan fingerprint density at radius 2 is 2.12 bits per heavy atom. The molecule has 16 heavy (non-hydrogen) atoms. The van der Waals surface area contributed by atoms with E-state index in [9.17, 15) is 0 Å². The highest BCUT2D eigenvalue weighted by molar-refractivity contribution is 5.48. The first-order valence-corrected chi connectivity index (χ1v) is 5.72. The maximum absolute atomic E-state index is 4.05. The Labute approximate surface area is 99.0 Å². The summed E-state index contributed by atoms with van der Waals surface area (Å²) in [5.74, 6) is 0. The Morgan fingerprint density at radius 3 is 2.62 bits per heavy atom. The van der Waals surface area contributed by atoms with Crippen molar-refractivity contribution in [2.75, 3.05) is 25.5 Å². The fourth-order valence-corrected chi connectivity index (χ4v) is 1.76. The molecule has 0 spiro atoms. The highest BCUT2D eigenvalue weighted by Crippen LogP contribution is 2.23. The number of benzene rings is 1. The minimum atomic E-state index is 0.255. The first-order valence-electron chi connectivity index (χ1n) is 5.72. The van der Waals surface area contributed by atoms with Gasteiger partial charge in [0.05, 0.1) is 6.04 Å². The molecule has 2 heteroatoms.